The zero-order valence-corrected chi connectivity index (χ0v) is 11.9. The molecule has 2 nitrogen and oxygen atoms in total. The fraction of sp³-hybridized carbons (Fsp3) is 0.188. The van der Waals surface area contributed by atoms with Gasteiger partial charge in [0.05, 0.1) is 11.3 Å². The minimum atomic E-state index is -0.462. The highest BCUT2D eigenvalue weighted by Crippen LogP contribution is 2.35. The second-order valence-corrected chi connectivity index (χ2v) is 5.89. The molecule has 0 N–H and O–H groups in total. The fourth-order valence-electron chi connectivity index (χ4n) is 2.33. The lowest BCUT2D eigenvalue weighted by atomic mass is 10.1. The summed E-state index contributed by atoms with van der Waals surface area (Å²) in [4.78, 5) is 15.4. The van der Waals surface area contributed by atoms with Crippen molar-refractivity contribution in [1.29, 1.82) is 0 Å². The van der Waals surface area contributed by atoms with E-state index in [0.717, 1.165) is 21.9 Å². The van der Waals surface area contributed by atoms with Gasteiger partial charge in [0, 0.05) is 17.2 Å². The molecule has 2 aromatic rings. The Morgan fingerprint density at radius 2 is 2.05 bits per heavy atom. The Hall–Kier alpha value is -1.81. The number of carbonyl (C=O) groups excluding carboxylic acids is 1. The van der Waals surface area contributed by atoms with Gasteiger partial charge < -0.3 is 4.90 Å². The van der Waals surface area contributed by atoms with Crippen LogP contribution in [0, 0.1) is 12.7 Å². The zero-order valence-electron chi connectivity index (χ0n) is 11.1. The molecule has 1 aliphatic rings. The number of anilines is 1. The summed E-state index contributed by atoms with van der Waals surface area (Å²) < 4.78 is 13.9. The van der Waals surface area contributed by atoms with E-state index >= 15 is 0 Å². The molecule has 0 atom stereocenters. The lowest BCUT2D eigenvalue weighted by Gasteiger charge is -2.29. The monoisotopic (exact) mass is 287 g/mol. The Labute approximate surface area is 121 Å². The van der Waals surface area contributed by atoms with Crippen molar-refractivity contribution in [3.63, 3.8) is 0 Å². The number of aryl methyl sites for hydroxylation is 1. The number of halogens is 1. The van der Waals surface area contributed by atoms with E-state index in [4.69, 9.17) is 0 Å². The largest absolute Gasteiger partial charge is 0.306 e. The number of amides is 1. The Kier molecular flexibility index (Phi) is 3.49. The van der Waals surface area contributed by atoms with E-state index in [9.17, 15) is 9.18 Å². The molecule has 0 aliphatic carbocycles. The van der Waals surface area contributed by atoms with E-state index in [1.54, 1.807) is 28.8 Å². The number of hydrogen-bond donors (Lipinski definition) is 0. The number of thioether (sulfide) groups is 1. The van der Waals surface area contributed by atoms with E-state index in [-0.39, 0.29) is 11.5 Å². The van der Waals surface area contributed by atoms with Crippen LogP contribution in [0.1, 0.15) is 15.9 Å². The van der Waals surface area contributed by atoms with Gasteiger partial charge in [0.2, 0.25) is 0 Å². The number of fused-ring (bicyclic) bond motifs is 1. The van der Waals surface area contributed by atoms with Gasteiger partial charge in [-0.1, -0.05) is 23.8 Å². The van der Waals surface area contributed by atoms with Gasteiger partial charge in [0.1, 0.15) is 5.82 Å². The van der Waals surface area contributed by atoms with Crippen LogP contribution in [-0.4, -0.2) is 18.2 Å². The molecule has 0 saturated carbocycles. The number of carbonyl (C=O) groups is 1. The van der Waals surface area contributed by atoms with Crippen LogP contribution in [0.2, 0.25) is 0 Å². The summed E-state index contributed by atoms with van der Waals surface area (Å²) in [5.41, 5.74) is 1.90. The summed E-state index contributed by atoms with van der Waals surface area (Å²) in [6.07, 6.45) is 0. The molecule has 102 valence electrons. The average molecular weight is 287 g/mol. The Balaban J connectivity index is 2.02. The Morgan fingerprint density at radius 3 is 2.90 bits per heavy atom. The van der Waals surface area contributed by atoms with Crippen LogP contribution >= 0.6 is 11.8 Å². The van der Waals surface area contributed by atoms with Gasteiger partial charge in [-0.15, -0.1) is 11.8 Å². The predicted molar refractivity (Wildman–Crippen MR) is 80.0 cm³/mol. The Bertz CT molecular complexity index is 671. The third-order valence-corrected chi connectivity index (χ3v) is 4.37. The van der Waals surface area contributed by atoms with Crippen LogP contribution < -0.4 is 4.90 Å². The SMILES string of the molecule is Cc1ccc(F)c(C(=O)N2CCSc3ccccc32)c1. The molecular weight excluding hydrogens is 273 g/mol. The summed E-state index contributed by atoms with van der Waals surface area (Å²) in [6.45, 7) is 2.46. The number of rotatable bonds is 1. The van der Waals surface area contributed by atoms with E-state index in [2.05, 4.69) is 0 Å². The lowest BCUT2D eigenvalue weighted by molar-refractivity contribution is 0.0983. The summed E-state index contributed by atoms with van der Waals surface area (Å²) in [5, 5.41) is 0. The van der Waals surface area contributed by atoms with Crippen LogP contribution in [0.5, 0.6) is 0 Å². The maximum absolute atomic E-state index is 13.9. The molecule has 1 heterocycles. The molecule has 4 heteroatoms. The molecule has 3 rings (SSSR count). The molecule has 0 aromatic heterocycles. The molecule has 1 aliphatic heterocycles. The maximum atomic E-state index is 13.9. The molecule has 0 fully saturated rings. The third-order valence-electron chi connectivity index (χ3n) is 3.33. The molecular formula is C16H14FNOS. The summed E-state index contributed by atoms with van der Waals surface area (Å²) in [6, 6.07) is 12.4. The summed E-state index contributed by atoms with van der Waals surface area (Å²) in [5.74, 6) is 0.103. The van der Waals surface area contributed by atoms with Crippen LogP contribution in [0.15, 0.2) is 47.4 Å². The van der Waals surface area contributed by atoms with Gasteiger partial charge in [0.15, 0.2) is 0 Å². The average Bonchev–Trinajstić information content (AvgIpc) is 2.48. The second-order valence-electron chi connectivity index (χ2n) is 4.76. The van der Waals surface area contributed by atoms with Gasteiger partial charge in [-0.2, -0.15) is 0 Å². The van der Waals surface area contributed by atoms with Crippen LogP contribution in [0.3, 0.4) is 0 Å². The van der Waals surface area contributed by atoms with Crippen LogP contribution in [0.4, 0.5) is 10.1 Å². The van der Waals surface area contributed by atoms with Crippen molar-refractivity contribution in [3.8, 4) is 0 Å². The minimum Gasteiger partial charge on any atom is -0.306 e. The van der Waals surface area contributed by atoms with E-state index in [0.29, 0.717) is 6.54 Å². The molecule has 0 unspecified atom stereocenters. The smallest absolute Gasteiger partial charge is 0.261 e. The highest BCUT2D eigenvalue weighted by Gasteiger charge is 2.25. The van der Waals surface area contributed by atoms with Crippen molar-refractivity contribution in [2.75, 3.05) is 17.2 Å². The number of nitrogens with zero attached hydrogens (tertiary/aromatic N) is 1. The van der Waals surface area contributed by atoms with Crippen molar-refractivity contribution in [1.82, 2.24) is 0 Å². The third kappa shape index (κ3) is 2.31. The van der Waals surface area contributed by atoms with Crippen molar-refractivity contribution >= 4 is 23.4 Å². The Morgan fingerprint density at radius 1 is 1.25 bits per heavy atom. The van der Waals surface area contributed by atoms with Crippen molar-refractivity contribution in [3.05, 3.63) is 59.4 Å². The first-order chi connectivity index (χ1) is 9.66. The topological polar surface area (TPSA) is 20.3 Å². The number of para-hydroxylation sites is 1. The van der Waals surface area contributed by atoms with E-state index < -0.39 is 5.82 Å². The van der Waals surface area contributed by atoms with Crippen molar-refractivity contribution in [2.24, 2.45) is 0 Å². The quantitative estimate of drug-likeness (QED) is 0.793. The van der Waals surface area contributed by atoms with Gasteiger partial charge in [-0.3, -0.25) is 4.79 Å². The maximum Gasteiger partial charge on any atom is 0.261 e. The number of hydrogen-bond acceptors (Lipinski definition) is 2. The van der Waals surface area contributed by atoms with Crippen LogP contribution in [-0.2, 0) is 0 Å². The van der Waals surface area contributed by atoms with Gasteiger partial charge in [0.25, 0.3) is 5.91 Å². The predicted octanol–water partition coefficient (Wildman–Crippen LogP) is 3.89. The fourth-order valence-corrected chi connectivity index (χ4v) is 3.32. The van der Waals surface area contributed by atoms with Gasteiger partial charge in [-0.05, 0) is 31.2 Å². The first-order valence-corrected chi connectivity index (χ1v) is 7.45. The molecule has 0 bridgehead atoms. The highest BCUT2D eigenvalue weighted by atomic mass is 32.2. The zero-order chi connectivity index (χ0) is 14.1. The van der Waals surface area contributed by atoms with Crippen molar-refractivity contribution < 1.29 is 9.18 Å². The van der Waals surface area contributed by atoms with E-state index in [1.807, 2.05) is 31.2 Å². The standard InChI is InChI=1S/C16H14FNOS/c1-11-6-7-13(17)12(10-11)16(19)18-8-9-20-15-5-3-2-4-14(15)18/h2-7,10H,8-9H2,1H3. The summed E-state index contributed by atoms with van der Waals surface area (Å²) in [7, 11) is 0. The van der Waals surface area contributed by atoms with Crippen molar-refractivity contribution in [2.45, 2.75) is 11.8 Å². The normalized spacial score (nSPS) is 14.0. The molecule has 0 radical (unpaired) electrons. The molecule has 2 aromatic carbocycles. The van der Waals surface area contributed by atoms with Gasteiger partial charge in [-0.25, -0.2) is 4.39 Å². The molecule has 1 amide bonds. The van der Waals surface area contributed by atoms with E-state index in [1.165, 1.54) is 6.07 Å². The van der Waals surface area contributed by atoms with Crippen LogP contribution in [0.25, 0.3) is 0 Å². The molecule has 0 spiro atoms. The summed E-state index contributed by atoms with van der Waals surface area (Å²) >= 11 is 1.72. The molecule has 20 heavy (non-hydrogen) atoms. The lowest BCUT2D eigenvalue weighted by Crippen LogP contribution is -2.35. The first kappa shape index (κ1) is 13.2. The number of benzene rings is 2. The van der Waals surface area contributed by atoms with Gasteiger partial charge >= 0.3 is 0 Å². The molecule has 0 saturated heterocycles. The minimum absolute atomic E-state index is 0.145. The first-order valence-electron chi connectivity index (χ1n) is 6.46. The highest BCUT2D eigenvalue weighted by molar-refractivity contribution is 7.99. The second kappa shape index (κ2) is 5.29.